The number of benzene rings is 1. The van der Waals surface area contributed by atoms with Crippen molar-refractivity contribution in [2.45, 2.75) is 25.7 Å². The molecule has 0 radical (unpaired) electrons. The van der Waals surface area contributed by atoms with Gasteiger partial charge in [0.25, 0.3) is 5.91 Å². The lowest BCUT2D eigenvalue weighted by Crippen LogP contribution is -2.27. The summed E-state index contributed by atoms with van der Waals surface area (Å²) < 4.78 is 5.79. The molecule has 2 N–H and O–H groups in total. The number of carbonyl (C=O) groups is 1. The fourth-order valence-electron chi connectivity index (χ4n) is 2.72. The summed E-state index contributed by atoms with van der Waals surface area (Å²) in [5.74, 6) is 2.08. The molecule has 1 aliphatic carbocycles. The summed E-state index contributed by atoms with van der Waals surface area (Å²) in [5, 5.41) is 6.37. The number of para-hydroxylation sites is 1. The molecule has 4 nitrogen and oxygen atoms in total. The van der Waals surface area contributed by atoms with E-state index >= 15 is 0 Å². The molecule has 0 aromatic heterocycles. The maximum Gasteiger partial charge on any atom is 0.255 e. The smallest absolute Gasteiger partial charge is 0.255 e. The molecule has 2 aliphatic rings. The Hall–Kier alpha value is -1.26. The fraction of sp³-hybridized carbons (Fsp3) is 0.588. The van der Waals surface area contributed by atoms with E-state index in [9.17, 15) is 4.79 Å². The predicted octanol–water partition coefficient (Wildman–Crippen LogP) is 2.63. The summed E-state index contributed by atoms with van der Waals surface area (Å²) in [6, 6.07) is 7.54. The molecule has 1 saturated carbocycles. The Morgan fingerprint density at radius 3 is 2.77 bits per heavy atom. The van der Waals surface area contributed by atoms with Gasteiger partial charge in [-0.25, -0.2) is 0 Å². The first kappa shape index (κ1) is 17.1. The van der Waals surface area contributed by atoms with Gasteiger partial charge in [-0.15, -0.1) is 12.4 Å². The van der Waals surface area contributed by atoms with Crippen molar-refractivity contribution in [2.75, 3.05) is 26.2 Å². The number of halogens is 1. The van der Waals surface area contributed by atoms with Crippen LogP contribution in [0.25, 0.3) is 0 Å². The average Bonchev–Trinajstić information content (AvgIpc) is 3.20. The maximum absolute atomic E-state index is 12.3. The van der Waals surface area contributed by atoms with E-state index in [1.54, 1.807) is 0 Å². The number of nitrogens with one attached hydrogen (secondary N) is 2. The summed E-state index contributed by atoms with van der Waals surface area (Å²) in [6.45, 7) is 3.66. The first-order valence-corrected chi connectivity index (χ1v) is 8.03. The number of rotatable bonds is 7. The van der Waals surface area contributed by atoms with Crippen LogP contribution < -0.4 is 15.4 Å². The third-order valence-electron chi connectivity index (χ3n) is 4.30. The molecular formula is C17H25ClN2O2. The molecule has 1 aliphatic heterocycles. The predicted molar refractivity (Wildman–Crippen MR) is 89.8 cm³/mol. The lowest BCUT2D eigenvalue weighted by molar-refractivity contribution is 0.0947. The van der Waals surface area contributed by atoms with Crippen LogP contribution in [0.1, 0.15) is 36.0 Å². The van der Waals surface area contributed by atoms with Crippen molar-refractivity contribution < 1.29 is 9.53 Å². The van der Waals surface area contributed by atoms with Gasteiger partial charge in [-0.2, -0.15) is 0 Å². The summed E-state index contributed by atoms with van der Waals surface area (Å²) in [4.78, 5) is 12.3. The maximum atomic E-state index is 12.3. The number of hydrogen-bond acceptors (Lipinski definition) is 3. The van der Waals surface area contributed by atoms with E-state index in [4.69, 9.17) is 4.74 Å². The van der Waals surface area contributed by atoms with Gasteiger partial charge in [0.1, 0.15) is 5.75 Å². The molecule has 1 unspecified atom stereocenters. The molecule has 22 heavy (non-hydrogen) atoms. The summed E-state index contributed by atoms with van der Waals surface area (Å²) in [5.41, 5.74) is 0.655. The van der Waals surface area contributed by atoms with Crippen LogP contribution in [-0.4, -0.2) is 32.1 Å². The van der Waals surface area contributed by atoms with Gasteiger partial charge < -0.3 is 15.4 Å². The van der Waals surface area contributed by atoms with E-state index in [1.165, 1.54) is 19.3 Å². The van der Waals surface area contributed by atoms with E-state index < -0.39 is 0 Å². The molecule has 0 bridgehead atoms. The van der Waals surface area contributed by atoms with Gasteiger partial charge in [-0.1, -0.05) is 12.1 Å². The van der Waals surface area contributed by atoms with E-state index in [0.717, 1.165) is 32.7 Å². The van der Waals surface area contributed by atoms with E-state index in [2.05, 4.69) is 10.6 Å². The van der Waals surface area contributed by atoms with Crippen molar-refractivity contribution in [3.63, 3.8) is 0 Å². The molecule has 1 aromatic carbocycles. The Labute approximate surface area is 138 Å². The van der Waals surface area contributed by atoms with Gasteiger partial charge in [0.2, 0.25) is 0 Å². The fourth-order valence-corrected chi connectivity index (χ4v) is 2.72. The molecule has 122 valence electrons. The lowest BCUT2D eigenvalue weighted by Gasteiger charge is -2.12. The standard InChI is InChI=1S/C17H24N2O2.ClH/c20-17(19-10-8-13-7-9-18-11-13)15-3-1-2-4-16(15)21-12-14-5-6-14;/h1-4,13-14,18H,5-12H2,(H,19,20);1H. The zero-order valence-electron chi connectivity index (χ0n) is 12.8. The molecule has 5 heteroatoms. The minimum Gasteiger partial charge on any atom is -0.492 e. The van der Waals surface area contributed by atoms with Crippen LogP contribution in [0.15, 0.2) is 24.3 Å². The molecule has 1 atom stereocenters. The number of hydrogen-bond donors (Lipinski definition) is 2. The highest BCUT2D eigenvalue weighted by molar-refractivity contribution is 5.96. The third-order valence-corrected chi connectivity index (χ3v) is 4.30. The van der Waals surface area contributed by atoms with Gasteiger partial charge in [0, 0.05) is 6.54 Å². The quantitative estimate of drug-likeness (QED) is 0.810. The highest BCUT2D eigenvalue weighted by Gasteiger charge is 2.23. The molecule has 2 fully saturated rings. The summed E-state index contributed by atoms with van der Waals surface area (Å²) in [6.07, 6.45) is 4.77. The van der Waals surface area contributed by atoms with Crippen LogP contribution in [0.5, 0.6) is 5.75 Å². The second kappa shape index (κ2) is 8.39. The molecule has 1 aromatic rings. The Bertz CT molecular complexity index is 485. The zero-order chi connectivity index (χ0) is 14.5. The van der Waals surface area contributed by atoms with Crippen molar-refractivity contribution in [3.05, 3.63) is 29.8 Å². The largest absolute Gasteiger partial charge is 0.492 e. The Kier molecular flexibility index (Phi) is 6.52. The van der Waals surface area contributed by atoms with Crippen molar-refractivity contribution in [2.24, 2.45) is 11.8 Å². The SMILES string of the molecule is Cl.O=C(NCCC1CCNC1)c1ccccc1OCC1CC1. The molecule has 1 heterocycles. The summed E-state index contributed by atoms with van der Waals surface area (Å²) >= 11 is 0. The second-order valence-electron chi connectivity index (χ2n) is 6.15. The molecular weight excluding hydrogens is 300 g/mol. The van der Waals surface area contributed by atoms with Gasteiger partial charge in [0.05, 0.1) is 12.2 Å². The highest BCUT2D eigenvalue weighted by atomic mass is 35.5. The van der Waals surface area contributed by atoms with Gasteiger partial charge in [0.15, 0.2) is 0 Å². The first-order valence-electron chi connectivity index (χ1n) is 8.03. The van der Waals surface area contributed by atoms with Crippen molar-refractivity contribution in [1.82, 2.24) is 10.6 Å². The molecule has 0 spiro atoms. The normalized spacial score (nSPS) is 20.3. The van der Waals surface area contributed by atoms with Crippen LogP contribution in [0, 0.1) is 11.8 Å². The highest BCUT2D eigenvalue weighted by Crippen LogP contribution is 2.30. The Morgan fingerprint density at radius 1 is 1.23 bits per heavy atom. The van der Waals surface area contributed by atoms with Crippen molar-refractivity contribution >= 4 is 18.3 Å². The third kappa shape index (κ3) is 4.89. The Balaban J connectivity index is 0.00000176. The molecule has 1 saturated heterocycles. The van der Waals surface area contributed by atoms with E-state index in [-0.39, 0.29) is 18.3 Å². The topological polar surface area (TPSA) is 50.4 Å². The van der Waals surface area contributed by atoms with E-state index in [1.807, 2.05) is 24.3 Å². The van der Waals surface area contributed by atoms with Crippen LogP contribution in [0.2, 0.25) is 0 Å². The van der Waals surface area contributed by atoms with Gasteiger partial charge in [-0.3, -0.25) is 4.79 Å². The van der Waals surface area contributed by atoms with Crippen molar-refractivity contribution in [3.8, 4) is 5.75 Å². The van der Waals surface area contributed by atoms with E-state index in [0.29, 0.717) is 23.1 Å². The van der Waals surface area contributed by atoms with Crippen LogP contribution in [0.3, 0.4) is 0 Å². The van der Waals surface area contributed by atoms with Crippen LogP contribution in [0.4, 0.5) is 0 Å². The second-order valence-corrected chi connectivity index (χ2v) is 6.15. The molecule has 1 amide bonds. The van der Waals surface area contributed by atoms with Gasteiger partial charge >= 0.3 is 0 Å². The van der Waals surface area contributed by atoms with Crippen LogP contribution >= 0.6 is 12.4 Å². The lowest BCUT2D eigenvalue weighted by atomic mass is 10.1. The zero-order valence-corrected chi connectivity index (χ0v) is 13.7. The van der Waals surface area contributed by atoms with Crippen molar-refractivity contribution in [1.29, 1.82) is 0 Å². The monoisotopic (exact) mass is 324 g/mol. The van der Waals surface area contributed by atoms with Gasteiger partial charge in [-0.05, 0) is 62.7 Å². The molecule has 3 rings (SSSR count). The number of carbonyl (C=O) groups excluding carboxylic acids is 1. The number of amides is 1. The number of ether oxygens (including phenoxy) is 1. The minimum atomic E-state index is -0.0210. The first-order chi connectivity index (χ1) is 10.3. The summed E-state index contributed by atoms with van der Waals surface area (Å²) in [7, 11) is 0. The minimum absolute atomic E-state index is 0. The Morgan fingerprint density at radius 2 is 2.05 bits per heavy atom. The van der Waals surface area contributed by atoms with Crippen LogP contribution in [-0.2, 0) is 0 Å². The average molecular weight is 325 g/mol.